The van der Waals surface area contributed by atoms with Crippen LogP contribution in [0.3, 0.4) is 0 Å². The average molecular weight is 424 g/mol. The molecule has 2 rings (SSSR count). The Bertz CT molecular complexity index is 766. The summed E-state index contributed by atoms with van der Waals surface area (Å²) in [4.78, 5) is -0.00583. The van der Waals surface area contributed by atoms with Crippen LogP contribution in [0.15, 0.2) is 50.2 Å². The molecule has 20 heavy (non-hydrogen) atoms. The second-order valence-electron chi connectivity index (χ2n) is 3.92. The van der Waals surface area contributed by atoms with Gasteiger partial charge in [0, 0.05) is 14.6 Å². The van der Waals surface area contributed by atoms with Crippen LogP contribution in [-0.4, -0.2) is 8.42 Å². The molecule has 0 unspecified atom stereocenters. The third kappa shape index (κ3) is 3.31. The maximum atomic E-state index is 13.6. The van der Waals surface area contributed by atoms with Crippen molar-refractivity contribution in [3.8, 4) is 0 Å². The number of hydrogen-bond donors (Lipinski definition) is 2. The Balaban J connectivity index is 2.46. The van der Waals surface area contributed by atoms with E-state index in [1.807, 2.05) is 0 Å². The highest BCUT2D eigenvalue weighted by Crippen LogP contribution is 2.28. The van der Waals surface area contributed by atoms with Crippen LogP contribution < -0.4 is 10.5 Å². The van der Waals surface area contributed by atoms with Crippen LogP contribution in [0.25, 0.3) is 0 Å². The van der Waals surface area contributed by atoms with E-state index in [2.05, 4.69) is 36.6 Å². The molecule has 0 aliphatic rings. The number of sulfonamides is 1. The smallest absolute Gasteiger partial charge is 0.263 e. The van der Waals surface area contributed by atoms with Gasteiger partial charge in [-0.25, -0.2) is 12.8 Å². The van der Waals surface area contributed by atoms with E-state index in [1.54, 1.807) is 12.1 Å². The number of nitrogens with one attached hydrogen (secondary N) is 1. The van der Waals surface area contributed by atoms with Gasteiger partial charge in [0.05, 0.1) is 5.69 Å². The van der Waals surface area contributed by atoms with E-state index in [1.165, 1.54) is 18.2 Å². The lowest BCUT2D eigenvalue weighted by atomic mass is 10.3. The number of nitrogens with two attached hydrogens (primary N) is 1. The Morgan fingerprint density at radius 1 is 1.10 bits per heavy atom. The van der Waals surface area contributed by atoms with E-state index in [0.717, 1.165) is 6.07 Å². The topological polar surface area (TPSA) is 72.2 Å². The van der Waals surface area contributed by atoms with Gasteiger partial charge in [0.15, 0.2) is 0 Å². The zero-order chi connectivity index (χ0) is 14.9. The van der Waals surface area contributed by atoms with Crippen molar-refractivity contribution < 1.29 is 12.8 Å². The fraction of sp³-hybridized carbons (Fsp3) is 0. The molecule has 0 fully saturated rings. The van der Waals surface area contributed by atoms with Gasteiger partial charge >= 0.3 is 0 Å². The van der Waals surface area contributed by atoms with Gasteiger partial charge < -0.3 is 5.73 Å². The summed E-state index contributed by atoms with van der Waals surface area (Å²) in [6.45, 7) is 0. The van der Waals surface area contributed by atoms with Crippen molar-refractivity contribution >= 4 is 53.3 Å². The summed E-state index contributed by atoms with van der Waals surface area (Å²) in [6, 6.07) is 8.35. The molecule has 106 valence electrons. The van der Waals surface area contributed by atoms with Crippen LogP contribution in [0.2, 0.25) is 0 Å². The Morgan fingerprint density at radius 2 is 1.80 bits per heavy atom. The van der Waals surface area contributed by atoms with Crippen molar-refractivity contribution in [1.29, 1.82) is 0 Å². The third-order valence-corrected chi connectivity index (χ3v) is 5.27. The van der Waals surface area contributed by atoms with Crippen LogP contribution in [-0.2, 0) is 10.0 Å². The Hall–Kier alpha value is -1.12. The van der Waals surface area contributed by atoms with Crippen LogP contribution in [0.1, 0.15) is 0 Å². The molecule has 0 amide bonds. The van der Waals surface area contributed by atoms with Gasteiger partial charge in [-0.3, -0.25) is 4.72 Å². The van der Waals surface area contributed by atoms with Gasteiger partial charge in [0.2, 0.25) is 0 Å². The maximum absolute atomic E-state index is 13.6. The summed E-state index contributed by atoms with van der Waals surface area (Å²) in [7, 11) is -3.93. The molecular formula is C12H9Br2FN2O2S. The lowest BCUT2D eigenvalue weighted by Crippen LogP contribution is -2.14. The lowest BCUT2D eigenvalue weighted by molar-refractivity contribution is 0.598. The normalized spacial score (nSPS) is 11.3. The van der Waals surface area contributed by atoms with Crippen molar-refractivity contribution in [2.45, 2.75) is 4.90 Å². The van der Waals surface area contributed by atoms with Crippen molar-refractivity contribution in [1.82, 2.24) is 0 Å². The maximum Gasteiger partial charge on any atom is 0.263 e. The van der Waals surface area contributed by atoms with Crippen LogP contribution in [0.5, 0.6) is 0 Å². The standard InChI is InChI=1S/C12H9Br2FN2O2S/c13-7-1-3-9(14)12(5-7)20(18,19)17-11-6-8(16)2-4-10(11)15/h1-6,17H,16H2. The molecule has 0 bridgehead atoms. The predicted molar refractivity (Wildman–Crippen MR) is 83.5 cm³/mol. The molecule has 0 aliphatic heterocycles. The molecule has 0 atom stereocenters. The SMILES string of the molecule is Nc1ccc(F)c(NS(=O)(=O)c2cc(Br)ccc2Br)c1. The predicted octanol–water partition coefficient (Wildman–Crippen LogP) is 3.73. The molecule has 0 radical (unpaired) electrons. The first kappa shape index (κ1) is 15.3. The highest BCUT2D eigenvalue weighted by Gasteiger charge is 2.19. The van der Waals surface area contributed by atoms with E-state index >= 15 is 0 Å². The van der Waals surface area contributed by atoms with Gasteiger partial charge in [0.25, 0.3) is 10.0 Å². The summed E-state index contributed by atoms with van der Waals surface area (Å²) in [5.74, 6) is -0.700. The zero-order valence-corrected chi connectivity index (χ0v) is 13.9. The Labute approximate surface area is 132 Å². The van der Waals surface area contributed by atoms with E-state index in [-0.39, 0.29) is 16.3 Å². The van der Waals surface area contributed by atoms with Crippen molar-refractivity contribution in [3.63, 3.8) is 0 Å². The summed E-state index contributed by atoms with van der Waals surface area (Å²) in [6.07, 6.45) is 0. The van der Waals surface area contributed by atoms with Crippen LogP contribution in [0.4, 0.5) is 15.8 Å². The Morgan fingerprint density at radius 3 is 2.50 bits per heavy atom. The molecule has 2 aromatic rings. The van der Waals surface area contributed by atoms with E-state index in [9.17, 15) is 12.8 Å². The van der Waals surface area contributed by atoms with Gasteiger partial charge in [-0.05, 0) is 52.3 Å². The molecule has 0 spiro atoms. The minimum absolute atomic E-state index is 0.00583. The van der Waals surface area contributed by atoms with E-state index < -0.39 is 15.8 Å². The van der Waals surface area contributed by atoms with Gasteiger partial charge in [-0.1, -0.05) is 15.9 Å². The quantitative estimate of drug-likeness (QED) is 0.738. The summed E-state index contributed by atoms with van der Waals surface area (Å²) in [5.41, 5.74) is 5.58. The summed E-state index contributed by atoms with van der Waals surface area (Å²) in [5, 5.41) is 0. The van der Waals surface area contributed by atoms with Crippen LogP contribution in [0, 0.1) is 5.82 Å². The lowest BCUT2D eigenvalue weighted by Gasteiger charge is -2.11. The van der Waals surface area contributed by atoms with Gasteiger partial charge in [-0.2, -0.15) is 0 Å². The molecule has 0 heterocycles. The number of nitrogen functional groups attached to an aromatic ring is 1. The first-order valence-corrected chi connectivity index (χ1v) is 8.39. The summed E-state index contributed by atoms with van der Waals surface area (Å²) >= 11 is 6.35. The molecule has 2 aromatic carbocycles. The molecule has 8 heteroatoms. The molecule has 0 saturated heterocycles. The molecule has 0 aliphatic carbocycles. The number of anilines is 2. The number of benzene rings is 2. The van der Waals surface area contributed by atoms with Crippen LogP contribution >= 0.6 is 31.9 Å². The number of halogens is 3. The number of hydrogen-bond acceptors (Lipinski definition) is 3. The number of rotatable bonds is 3. The second-order valence-corrected chi connectivity index (χ2v) is 7.34. The zero-order valence-electron chi connectivity index (χ0n) is 9.90. The average Bonchev–Trinajstić information content (AvgIpc) is 2.36. The van der Waals surface area contributed by atoms with Gasteiger partial charge in [-0.15, -0.1) is 0 Å². The minimum Gasteiger partial charge on any atom is -0.399 e. The molecule has 3 N–H and O–H groups in total. The van der Waals surface area contributed by atoms with Crippen molar-refractivity contribution in [2.75, 3.05) is 10.5 Å². The molecular weight excluding hydrogens is 415 g/mol. The van der Waals surface area contributed by atoms with Crippen molar-refractivity contribution in [2.24, 2.45) is 0 Å². The van der Waals surface area contributed by atoms with Gasteiger partial charge in [0.1, 0.15) is 10.7 Å². The third-order valence-electron chi connectivity index (χ3n) is 2.42. The fourth-order valence-corrected chi connectivity index (χ4v) is 4.07. The molecule has 4 nitrogen and oxygen atoms in total. The largest absolute Gasteiger partial charge is 0.399 e. The van der Waals surface area contributed by atoms with Crippen molar-refractivity contribution in [3.05, 3.63) is 51.2 Å². The first-order chi connectivity index (χ1) is 9.29. The summed E-state index contributed by atoms with van der Waals surface area (Å²) < 4.78 is 41.3. The van der Waals surface area contributed by atoms with E-state index in [0.29, 0.717) is 8.95 Å². The minimum atomic E-state index is -3.93. The second kappa shape index (κ2) is 5.71. The highest BCUT2D eigenvalue weighted by molar-refractivity contribution is 9.11. The highest BCUT2D eigenvalue weighted by atomic mass is 79.9. The molecule has 0 aromatic heterocycles. The molecule has 0 saturated carbocycles. The van der Waals surface area contributed by atoms with E-state index in [4.69, 9.17) is 5.73 Å². The monoisotopic (exact) mass is 422 g/mol. The Kier molecular flexibility index (Phi) is 4.36. The first-order valence-electron chi connectivity index (χ1n) is 5.32. The fourth-order valence-electron chi connectivity index (χ4n) is 1.50.